The van der Waals surface area contributed by atoms with Crippen molar-refractivity contribution in [1.82, 2.24) is 0 Å². The first-order chi connectivity index (χ1) is 12.3. The van der Waals surface area contributed by atoms with Crippen LogP contribution in [0.5, 0.6) is 5.75 Å². The van der Waals surface area contributed by atoms with Gasteiger partial charge in [0.05, 0.1) is 15.9 Å². The summed E-state index contributed by atoms with van der Waals surface area (Å²) in [5.41, 5.74) is -0.216. The Morgan fingerprint density at radius 2 is 1.88 bits per heavy atom. The van der Waals surface area contributed by atoms with Crippen molar-refractivity contribution in [2.45, 2.75) is 6.92 Å². The van der Waals surface area contributed by atoms with E-state index in [9.17, 15) is 25.0 Å². The number of carbonyl (C=O) groups excluding carboxylic acids is 1. The molecule has 0 bridgehead atoms. The fourth-order valence-electron chi connectivity index (χ4n) is 2.05. The van der Waals surface area contributed by atoms with E-state index >= 15 is 0 Å². The molecule has 0 radical (unpaired) electrons. The van der Waals surface area contributed by atoms with Gasteiger partial charge in [-0.3, -0.25) is 25.0 Å². The van der Waals surface area contributed by atoms with Crippen LogP contribution in [-0.2, 0) is 0 Å². The number of nitrogens with zero attached hydrogens (tertiary/aromatic N) is 2. The highest BCUT2D eigenvalue weighted by atomic mass is 16.6. The van der Waals surface area contributed by atoms with E-state index in [1.54, 1.807) is 31.2 Å². The van der Waals surface area contributed by atoms with Crippen molar-refractivity contribution >= 4 is 23.0 Å². The highest BCUT2D eigenvalue weighted by Crippen LogP contribution is 2.26. The van der Waals surface area contributed by atoms with E-state index in [1.165, 1.54) is 0 Å². The average molecular weight is 357 g/mol. The zero-order valence-electron chi connectivity index (χ0n) is 13.8. The second-order valence-corrected chi connectivity index (χ2v) is 5.44. The maximum Gasteiger partial charge on any atom is 0.289 e. The van der Waals surface area contributed by atoms with Gasteiger partial charge in [-0.2, -0.15) is 0 Å². The monoisotopic (exact) mass is 357 g/mol. The van der Waals surface area contributed by atoms with E-state index in [0.29, 0.717) is 18.0 Å². The van der Waals surface area contributed by atoms with E-state index < -0.39 is 27.1 Å². The Kier molecular flexibility index (Phi) is 5.63. The van der Waals surface area contributed by atoms with Crippen molar-refractivity contribution in [3.8, 4) is 5.75 Å². The third kappa shape index (κ3) is 4.63. The number of nitro benzene ring substituents is 2. The van der Waals surface area contributed by atoms with Crippen LogP contribution in [0.3, 0.4) is 0 Å². The first kappa shape index (κ1) is 18.6. The zero-order valence-corrected chi connectivity index (χ0v) is 13.8. The molecule has 9 heteroatoms. The van der Waals surface area contributed by atoms with E-state index in [2.05, 4.69) is 11.9 Å². The molecule has 0 spiro atoms. The maximum atomic E-state index is 12.4. The highest BCUT2D eigenvalue weighted by molar-refractivity contribution is 6.07. The van der Waals surface area contributed by atoms with Crippen molar-refractivity contribution < 1.29 is 19.4 Å². The SMILES string of the molecule is C=C(C)COc1cccc(NC(=O)c2ccc([N+](=O)[O-])cc2[N+](=O)[O-])c1. The lowest BCUT2D eigenvalue weighted by Crippen LogP contribution is -2.14. The number of non-ortho nitro benzene ring substituents is 1. The van der Waals surface area contributed by atoms with Gasteiger partial charge in [0.15, 0.2) is 0 Å². The lowest BCUT2D eigenvalue weighted by atomic mass is 10.1. The van der Waals surface area contributed by atoms with Crippen molar-refractivity contribution in [1.29, 1.82) is 0 Å². The molecule has 1 N–H and O–H groups in total. The van der Waals surface area contributed by atoms with Crippen LogP contribution in [-0.4, -0.2) is 22.4 Å². The molecule has 26 heavy (non-hydrogen) atoms. The number of nitrogens with one attached hydrogen (secondary N) is 1. The fourth-order valence-corrected chi connectivity index (χ4v) is 2.05. The van der Waals surface area contributed by atoms with E-state index in [1.807, 2.05) is 0 Å². The second-order valence-electron chi connectivity index (χ2n) is 5.44. The number of nitro groups is 2. The molecular weight excluding hydrogens is 342 g/mol. The minimum Gasteiger partial charge on any atom is -0.489 e. The zero-order chi connectivity index (χ0) is 19.3. The molecule has 0 atom stereocenters. The largest absolute Gasteiger partial charge is 0.489 e. The van der Waals surface area contributed by atoms with Crippen molar-refractivity contribution in [3.63, 3.8) is 0 Å². The number of hydrogen-bond donors (Lipinski definition) is 1. The summed E-state index contributed by atoms with van der Waals surface area (Å²) in [4.78, 5) is 32.6. The van der Waals surface area contributed by atoms with Gasteiger partial charge in [0.1, 0.15) is 17.9 Å². The molecule has 0 saturated heterocycles. The van der Waals surface area contributed by atoms with Gasteiger partial charge in [-0.05, 0) is 30.7 Å². The maximum absolute atomic E-state index is 12.4. The first-order valence-electron chi connectivity index (χ1n) is 7.39. The molecule has 1 amide bonds. The lowest BCUT2D eigenvalue weighted by Gasteiger charge is -2.09. The number of carbonyl (C=O) groups is 1. The number of rotatable bonds is 7. The fraction of sp³-hybridized carbons (Fsp3) is 0.118. The summed E-state index contributed by atoms with van der Waals surface area (Å²) in [7, 11) is 0. The molecule has 134 valence electrons. The van der Waals surface area contributed by atoms with E-state index in [0.717, 1.165) is 23.8 Å². The summed E-state index contributed by atoms with van der Waals surface area (Å²) < 4.78 is 5.47. The third-order valence-electron chi connectivity index (χ3n) is 3.21. The normalized spacial score (nSPS) is 10.0. The van der Waals surface area contributed by atoms with Crippen LogP contribution < -0.4 is 10.1 Å². The van der Waals surface area contributed by atoms with Crippen LogP contribution >= 0.6 is 0 Å². The highest BCUT2D eigenvalue weighted by Gasteiger charge is 2.24. The van der Waals surface area contributed by atoms with E-state index in [-0.39, 0.29) is 5.56 Å². The molecule has 2 aromatic rings. The van der Waals surface area contributed by atoms with Gasteiger partial charge < -0.3 is 10.1 Å². The number of benzene rings is 2. The molecule has 0 aliphatic carbocycles. The second kappa shape index (κ2) is 7.88. The Balaban J connectivity index is 2.25. The summed E-state index contributed by atoms with van der Waals surface area (Å²) in [5.74, 6) is -0.271. The molecule has 0 saturated carbocycles. The smallest absolute Gasteiger partial charge is 0.289 e. The molecule has 2 aromatic carbocycles. The van der Waals surface area contributed by atoms with Gasteiger partial charge >= 0.3 is 0 Å². The van der Waals surface area contributed by atoms with Gasteiger partial charge in [-0.25, -0.2) is 0 Å². The van der Waals surface area contributed by atoms with Crippen LogP contribution in [0.2, 0.25) is 0 Å². The predicted molar refractivity (Wildman–Crippen MR) is 94.5 cm³/mol. The molecule has 2 rings (SSSR count). The summed E-state index contributed by atoms with van der Waals surface area (Å²) in [5, 5.41) is 24.4. The summed E-state index contributed by atoms with van der Waals surface area (Å²) in [6.45, 7) is 5.84. The van der Waals surface area contributed by atoms with Gasteiger partial charge in [0, 0.05) is 17.8 Å². The number of hydrogen-bond acceptors (Lipinski definition) is 6. The van der Waals surface area contributed by atoms with Crippen LogP contribution in [0.25, 0.3) is 0 Å². The molecule has 0 aliphatic rings. The first-order valence-corrected chi connectivity index (χ1v) is 7.39. The molecule has 0 fully saturated rings. The summed E-state index contributed by atoms with van der Waals surface area (Å²) in [6.07, 6.45) is 0. The predicted octanol–water partition coefficient (Wildman–Crippen LogP) is 3.71. The molecule has 0 aromatic heterocycles. The van der Waals surface area contributed by atoms with E-state index in [4.69, 9.17) is 4.74 Å². The van der Waals surface area contributed by atoms with Crippen LogP contribution in [0.1, 0.15) is 17.3 Å². The standard InChI is InChI=1S/C17H15N3O6/c1-11(2)10-26-14-5-3-4-12(8-14)18-17(21)15-7-6-13(19(22)23)9-16(15)20(24)25/h3-9H,1,10H2,2H3,(H,18,21). The number of amides is 1. The third-order valence-corrected chi connectivity index (χ3v) is 3.21. The molecule has 0 unspecified atom stereocenters. The number of ether oxygens (including phenoxy) is 1. The molecule has 9 nitrogen and oxygen atoms in total. The molecule has 0 heterocycles. The quantitative estimate of drug-likeness (QED) is 0.457. The summed E-state index contributed by atoms with van der Waals surface area (Å²) in [6, 6.07) is 9.31. The Hall–Kier alpha value is -3.75. The van der Waals surface area contributed by atoms with Crippen LogP contribution in [0.15, 0.2) is 54.6 Å². The average Bonchev–Trinajstić information content (AvgIpc) is 2.59. The van der Waals surface area contributed by atoms with Gasteiger partial charge in [0.25, 0.3) is 17.3 Å². The Labute approximate surface area is 148 Å². The topological polar surface area (TPSA) is 125 Å². The minimum absolute atomic E-state index is 0.283. The van der Waals surface area contributed by atoms with Crippen LogP contribution in [0.4, 0.5) is 17.1 Å². The van der Waals surface area contributed by atoms with Crippen molar-refractivity contribution in [2.75, 3.05) is 11.9 Å². The van der Waals surface area contributed by atoms with Gasteiger partial charge in [-0.15, -0.1) is 0 Å². The number of anilines is 1. The molecule has 0 aliphatic heterocycles. The molecular formula is C17H15N3O6. The Morgan fingerprint density at radius 3 is 2.50 bits per heavy atom. The van der Waals surface area contributed by atoms with Crippen molar-refractivity contribution in [2.24, 2.45) is 0 Å². The lowest BCUT2D eigenvalue weighted by molar-refractivity contribution is -0.394. The minimum atomic E-state index is -0.839. The Morgan fingerprint density at radius 1 is 1.15 bits per heavy atom. The Bertz CT molecular complexity index is 894. The summed E-state index contributed by atoms with van der Waals surface area (Å²) >= 11 is 0. The van der Waals surface area contributed by atoms with Crippen LogP contribution in [0, 0.1) is 20.2 Å². The van der Waals surface area contributed by atoms with Gasteiger partial charge in [0.2, 0.25) is 0 Å². The van der Waals surface area contributed by atoms with Crippen molar-refractivity contribution in [3.05, 3.63) is 80.4 Å². The van der Waals surface area contributed by atoms with Gasteiger partial charge in [-0.1, -0.05) is 12.6 Å².